The van der Waals surface area contributed by atoms with E-state index in [2.05, 4.69) is 24.3 Å². The van der Waals surface area contributed by atoms with Crippen LogP contribution in [0.15, 0.2) is 60.7 Å². The van der Waals surface area contributed by atoms with Gasteiger partial charge in [-0.3, -0.25) is 4.79 Å². The van der Waals surface area contributed by atoms with Crippen molar-refractivity contribution >= 4 is 5.91 Å². The molecular weight excluding hydrogens is 246 g/mol. The lowest BCUT2D eigenvalue weighted by Crippen LogP contribution is -2.30. The van der Waals surface area contributed by atoms with E-state index in [-0.39, 0.29) is 17.7 Å². The Hall–Kier alpha value is -2.09. The molecule has 1 amide bonds. The number of hydrogen-bond donors (Lipinski definition) is 1. The van der Waals surface area contributed by atoms with E-state index < -0.39 is 0 Å². The van der Waals surface area contributed by atoms with Crippen LogP contribution < -0.4 is 5.73 Å². The summed E-state index contributed by atoms with van der Waals surface area (Å²) >= 11 is 0. The second-order valence-electron chi connectivity index (χ2n) is 5.33. The van der Waals surface area contributed by atoms with E-state index in [1.54, 1.807) is 0 Å². The third-order valence-electron chi connectivity index (χ3n) is 3.84. The maximum atomic E-state index is 11.5. The highest BCUT2D eigenvalue weighted by atomic mass is 16.1. The Kier molecular flexibility index (Phi) is 4.94. The van der Waals surface area contributed by atoms with Gasteiger partial charge in [-0.1, -0.05) is 67.6 Å². The first-order valence-corrected chi connectivity index (χ1v) is 7.04. The standard InChI is InChI=1S/C18H21NO/c1-14(18(19)20)17(12-15-8-4-2-5-9-15)13-16-10-6-3-7-11-16/h2-11,14,17H,12-13H2,1H3,(H2,19,20). The first-order chi connectivity index (χ1) is 9.66. The molecule has 0 spiro atoms. The van der Waals surface area contributed by atoms with Crippen LogP contribution in [0.2, 0.25) is 0 Å². The molecule has 2 nitrogen and oxygen atoms in total. The first-order valence-electron chi connectivity index (χ1n) is 7.04. The van der Waals surface area contributed by atoms with E-state index in [1.165, 1.54) is 11.1 Å². The number of amides is 1. The molecule has 0 aliphatic rings. The van der Waals surface area contributed by atoms with E-state index in [9.17, 15) is 4.79 Å². The summed E-state index contributed by atoms with van der Waals surface area (Å²) in [6.07, 6.45) is 1.75. The Balaban J connectivity index is 2.14. The van der Waals surface area contributed by atoms with Crippen LogP contribution in [0.4, 0.5) is 0 Å². The van der Waals surface area contributed by atoms with Crippen molar-refractivity contribution in [3.8, 4) is 0 Å². The summed E-state index contributed by atoms with van der Waals surface area (Å²) in [6.45, 7) is 1.93. The molecule has 0 heterocycles. The van der Waals surface area contributed by atoms with Crippen LogP contribution in [0, 0.1) is 11.8 Å². The smallest absolute Gasteiger partial charge is 0.220 e. The van der Waals surface area contributed by atoms with Crippen molar-refractivity contribution in [3.63, 3.8) is 0 Å². The minimum atomic E-state index is -0.220. The minimum absolute atomic E-state index is 0.129. The molecule has 0 fully saturated rings. The zero-order chi connectivity index (χ0) is 14.4. The lowest BCUT2D eigenvalue weighted by atomic mass is 9.83. The molecule has 0 radical (unpaired) electrons. The number of primary amides is 1. The van der Waals surface area contributed by atoms with Gasteiger partial charge >= 0.3 is 0 Å². The number of nitrogens with two attached hydrogens (primary N) is 1. The van der Waals surface area contributed by atoms with Crippen molar-refractivity contribution in [1.29, 1.82) is 0 Å². The Morgan fingerprint density at radius 2 is 1.30 bits per heavy atom. The van der Waals surface area contributed by atoms with Crippen molar-refractivity contribution in [2.24, 2.45) is 17.6 Å². The van der Waals surface area contributed by atoms with Crippen LogP contribution in [-0.2, 0) is 17.6 Å². The van der Waals surface area contributed by atoms with Crippen LogP contribution >= 0.6 is 0 Å². The number of benzene rings is 2. The van der Waals surface area contributed by atoms with Gasteiger partial charge in [-0.15, -0.1) is 0 Å². The van der Waals surface area contributed by atoms with Gasteiger partial charge < -0.3 is 5.73 Å². The van der Waals surface area contributed by atoms with E-state index in [0.717, 1.165) is 12.8 Å². The summed E-state index contributed by atoms with van der Waals surface area (Å²) in [5.41, 5.74) is 8.01. The van der Waals surface area contributed by atoms with Gasteiger partial charge in [0.2, 0.25) is 5.91 Å². The minimum Gasteiger partial charge on any atom is -0.369 e. The molecule has 0 bridgehead atoms. The molecule has 2 aromatic carbocycles. The Morgan fingerprint density at radius 1 is 0.900 bits per heavy atom. The molecule has 20 heavy (non-hydrogen) atoms. The summed E-state index contributed by atoms with van der Waals surface area (Å²) in [5, 5.41) is 0. The highest BCUT2D eigenvalue weighted by Gasteiger charge is 2.22. The zero-order valence-corrected chi connectivity index (χ0v) is 11.8. The number of hydrogen-bond acceptors (Lipinski definition) is 1. The largest absolute Gasteiger partial charge is 0.369 e. The maximum absolute atomic E-state index is 11.5. The average molecular weight is 267 g/mol. The maximum Gasteiger partial charge on any atom is 0.220 e. The molecule has 104 valence electrons. The average Bonchev–Trinajstić information content (AvgIpc) is 2.48. The van der Waals surface area contributed by atoms with Crippen LogP contribution in [0.25, 0.3) is 0 Å². The molecule has 0 saturated heterocycles. The Labute approximate surface area is 120 Å². The Morgan fingerprint density at radius 3 is 1.65 bits per heavy atom. The lowest BCUT2D eigenvalue weighted by molar-refractivity contribution is -0.122. The van der Waals surface area contributed by atoms with Crippen LogP contribution in [0.5, 0.6) is 0 Å². The van der Waals surface area contributed by atoms with E-state index in [4.69, 9.17) is 5.73 Å². The fourth-order valence-corrected chi connectivity index (χ4v) is 2.49. The molecule has 0 aliphatic heterocycles. The van der Waals surface area contributed by atoms with Crippen molar-refractivity contribution in [2.75, 3.05) is 0 Å². The van der Waals surface area contributed by atoms with Crippen LogP contribution in [-0.4, -0.2) is 5.91 Å². The molecule has 0 saturated carbocycles. The first kappa shape index (κ1) is 14.3. The monoisotopic (exact) mass is 267 g/mol. The third kappa shape index (κ3) is 3.95. The van der Waals surface area contributed by atoms with E-state index in [0.29, 0.717) is 0 Å². The fourth-order valence-electron chi connectivity index (χ4n) is 2.49. The van der Waals surface area contributed by atoms with Crippen molar-refractivity contribution in [1.82, 2.24) is 0 Å². The van der Waals surface area contributed by atoms with Gasteiger partial charge in [0.1, 0.15) is 0 Å². The van der Waals surface area contributed by atoms with E-state index in [1.807, 2.05) is 43.3 Å². The van der Waals surface area contributed by atoms with Gasteiger partial charge in [0.05, 0.1) is 0 Å². The molecule has 2 heteroatoms. The summed E-state index contributed by atoms with van der Waals surface area (Å²) in [7, 11) is 0. The predicted molar refractivity (Wildman–Crippen MR) is 82.1 cm³/mol. The second-order valence-corrected chi connectivity index (χ2v) is 5.33. The quantitative estimate of drug-likeness (QED) is 0.858. The SMILES string of the molecule is CC(C(N)=O)C(Cc1ccccc1)Cc1ccccc1. The van der Waals surface area contributed by atoms with Crippen molar-refractivity contribution in [3.05, 3.63) is 71.8 Å². The van der Waals surface area contributed by atoms with Gasteiger partial charge in [0.25, 0.3) is 0 Å². The zero-order valence-electron chi connectivity index (χ0n) is 11.8. The third-order valence-corrected chi connectivity index (χ3v) is 3.84. The highest BCUT2D eigenvalue weighted by molar-refractivity contribution is 5.76. The topological polar surface area (TPSA) is 43.1 Å². The van der Waals surface area contributed by atoms with Gasteiger partial charge in [-0.05, 0) is 29.9 Å². The predicted octanol–water partition coefficient (Wildman–Crippen LogP) is 3.21. The van der Waals surface area contributed by atoms with Gasteiger partial charge in [-0.25, -0.2) is 0 Å². The van der Waals surface area contributed by atoms with E-state index >= 15 is 0 Å². The number of rotatable bonds is 6. The lowest BCUT2D eigenvalue weighted by Gasteiger charge is -2.22. The van der Waals surface area contributed by atoms with Crippen LogP contribution in [0.3, 0.4) is 0 Å². The molecule has 0 aliphatic carbocycles. The van der Waals surface area contributed by atoms with Gasteiger partial charge in [0, 0.05) is 5.92 Å². The van der Waals surface area contributed by atoms with Crippen LogP contribution in [0.1, 0.15) is 18.1 Å². The summed E-state index contributed by atoms with van der Waals surface area (Å²) in [6, 6.07) is 20.6. The summed E-state index contributed by atoms with van der Waals surface area (Å²) < 4.78 is 0. The summed E-state index contributed by atoms with van der Waals surface area (Å²) in [4.78, 5) is 11.5. The van der Waals surface area contributed by atoms with Crippen molar-refractivity contribution in [2.45, 2.75) is 19.8 Å². The molecule has 2 aromatic rings. The highest BCUT2D eigenvalue weighted by Crippen LogP contribution is 2.22. The van der Waals surface area contributed by atoms with Crippen molar-refractivity contribution < 1.29 is 4.79 Å². The molecule has 2 N–H and O–H groups in total. The second kappa shape index (κ2) is 6.90. The van der Waals surface area contributed by atoms with Gasteiger partial charge in [-0.2, -0.15) is 0 Å². The number of carbonyl (C=O) groups excluding carboxylic acids is 1. The number of carbonyl (C=O) groups is 1. The molecule has 1 unspecified atom stereocenters. The molecule has 2 rings (SSSR count). The molecule has 0 aromatic heterocycles. The molecule has 1 atom stereocenters. The normalized spacial score (nSPS) is 12.3. The van der Waals surface area contributed by atoms with Gasteiger partial charge in [0.15, 0.2) is 0 Å². The summed E-state index contributed by atoms with van der Waals surface area (Å²) in [5.74, 6) is -0.116. The molecular formula is C18H21NO. The fraction of sp³-hybridized carbons (Fsp3) is 0.278. The Bertz CT molecular complexity index is 494.